The largest absolute Gasteiger partial charge is 0.483 e. The number of amides is 1. The Kier molecular flexibility index (Phi) is 8.02. The number of rotatable bonds is 8. The number of thioether (sulfide) groups is 1. The second kappa shape index (κ2) is 10.5. The summed E-state index contributed by atoms with van der Waals surface area (Å²) >= 11 is 10.8. The van der Waals surface area contributed by atoms with Gasteiger partial charge < -0.3 is 14.6 Å². The second-order valence-electron chi connectivity index (χ2n) is 7.05. The van der Waals surface area contributed by atoms with Crippen molar-refractivity contribution in [1.29, 1.82) is 0 Å². The van der Waals surface area contributed by atoms with Crippen LogP contribution in [-0.2, 0) is 11.3 Å². The van der Waals surface area contributed by atoms with Crippen molar-refractivity contribution >= 4 is 50.9 Å². The molecule has 0 aliphatic carbocycles. The van der Waals surface area contributed by atoms with Crippen molar-refractivity contribution < 1.29 is 9.53 Å². The molecule has 6 nitrogen and oxygen atoms in total. The van der Waals surface area contributed by atoms with Gasteiger partial charge in [0.2, 0.25) is 5.91 Å². The van der Waals surface area contributed by atoms with Crippen LogP contribution in [-0.4, -0.2) is 26.4 Å². The Morgan fingerprint density at radius 1 is 1.23 bits per heavy atom. The highest BCUT2D eigenvalue weighted by atomic mass is 79.9. The van der Waals surface area contributed by atoms with Crippen LogP contribution >= 0.6 is 39.3 Å². The third-order valence-electron chi connectivity index (χ3n) is 4.75. The maximum absolute atomic E-state index is 12.4. The summed E-state index contributed by atoms with van der Waals surface area (Å²) in [6, 6.07) is 11.3. The molecule has 0 fully saturated rings. The fraction of sp³-hybridized carbons (Fsp3) is 0.318. The molecule has 1 unspecified atom stereocenters. The number of aromatic nitrogens is 3. The van der Waals surface area contributed by atoms with Crippen molar-refractivity contribution in [3.63, 3.8) is 0 Å². The van der Waals surface area contributed by atoms with Crippen LogP contribution in [0.25, 0.3) is 0 Å². The number of hydrogen-bond acceptors (Lipinski definition) is 5. The highest BCUT2D eigenvalue weighted by Crippen LogP contribution is 2.28. The van der Waals surface area contributed by atoms with Crippen LogP contribution in [0.1, 0.15) is 36.9 Å². The number of hydrogen-bond donors (Lipinski definition) is 1. The van der Waals surface area contributed by atoms with Crippen molar-refractivity contribution in [1.82, 2.24) is 14.8 Å². The molecule has 3 aromatic rings. The zero-order valence-electron chi connectivity index (χ0n) is 17.8. The van der Waals surface area contributed by atoms with Gasteiger partial charge in [0.25, 0.3) is 0 Å². The molecular formula is C22H24BrClN4O2S. The predicted octanol–water partition coefficient (Wildman–Crippen LogP) is 6.20. The van der Waals surface area contributed by atoms with Gasteiger partial charge in [-0.3, -0.25) is 4.79 Å². The van der Waals surface area contributed by atoms with Crippen molar-refractivity contribution in [2.45, 2.75) is 45.5 Å². The molecule has 1 amide bonds. The second-order valence-corrected chi connectivity index (χ2v) is 9.32. The summed E-state index contributed by atoms with van der Waals surface area (Å²) in [4.78, 5) is 12.4. The highest BCUT2D eigenvalue weighted by Gasteiger charge is 2.20. The van der Waals surface area contributed by atoms with Crippen molar-refractivity contribution in [2.75, 3.05) is 11.1 Å². The lowest BCUT2D eigenvalue weighted by Gasteiger charge is -2.16. The molecule has 0 saturated carbocycles. The molecule has 1 heterocycles. The molecule has 1 aromatic heterocycles. The van der Waals surface area contributed by atoms with E-state index in [0.717, 1.165) is 16.0 Å². The van der Waals surface area contributed by atoms with E-state index in [9.17, 15) is 4.79 Å². The number of ether oxygens (including phenoxy) is 1. The Balaban J connectivity index is 1.65. The molecule has 9 heteroatoms. The van der Waals surface area contributed by atoms with E-state index < -0.39 is 0 Å². The topological polar surface area (TPSA) is 69.0 Å². The maximum atomic E-state index is 12.4. The monoisotopic (exact) mass is 522 g/mol. The molecule has 1 atom stereocenters. The molecule has 31 heavy (non-hydrogen) atoms. The number of carbonyl (C=O) groups excluding carboxylic acids is 1. The van der Waals surface area contributed by atoms with Gasteiger partial charge in [-0.15, -0.1) is 10.2 Å². The fourth-order valence-electron chi connectivity index (χ4n) is 2.96. The van der Waals surface area contributed by atoms with E-state index >= 15 is 0 Å². The SMILES string of the molecule is CCn1c(SCC(=O)Nc2ccc(Br)cc2Cl)nnc1C(C)Oc1ccc(C)c(C)c1. The molecular weight excluding hydrogens is 500 g/mol. The van der Waals surface area contributed by atoms with Gasteiger partial charge in [0.15, 0.2) is 17.1 Å². The lowest BCUT2D eigenvalue weighted by molar-refractivity contribution is -0.113. The quantitative estimate of drug-likeness (QED) is 0.356. The van der Waals surface area contributed by atoms with Crippen LogP contribution in [0.4, 0.5) is 5.69 Å². The first kappa shape index (κ1) is 23.6. The van der Waals surface area contributed by atoms with Crippen LogP contribution in [0.2, 0.25) is 5.02 Å². The van der Waals surface area contributed by atoms with Gasteiger partial charge in [-0.2, -0.15) is 0 Å². The van der Waals surface area contributed by atoms with Crippen molar-refractivity contribution in [3.05, 3.63) is 62.8 Å². The summed E-state index contributed by atoms with van der Waals surface area (Å²) in [7, 11) is 0. The number of carbonyl (C=O) groups is 1. The van der Waals surface area contributed by atoms with Gasteiger partial charge in [-0.1, -0.05) is 45.4 Å². The Hall–Kier alpha value is -2.03. The minimum Gasteiger partial charge on any atom is -0.483 e. The summed E-state index contributed by atoms with van der Waals surface area (Å²) in [5, 5.41) is 12.6. The number of nitrogens with zero attached hydrogens (tertiary/aromatic N) is 3. The molecule has 0 spiro atoms. The van der Waals surface area contributed by atoms with Gasteiger partial charge in [0.1, 0.15) is 5.75 Å². The zero-order chi connectivity index (χ0) is 22.5. The third-order valence-corrected chi connectivity index (χ3v) is 6.53. The first-order chi connectivity index (χ1) is 14.8. The minimum atomic E-state index is -0.278. The fourth-order valence-corrected chi connectivity index (χ4v) is 4.49. The van der Waals surface area contributed by atoms with E-state index in [4.69, 9.17) is 16.3 Å². The summed E-state index contributed by atoms with van der Waals surface area (Å²) in [6.07, 6.45) is -0.278. The molecule has 0 saturated heterocycles. The molecule has 0 bridgehead atoms. The van der Waals surface area contributed by atoms with Crippen LogP contribution in [0.5, 0.6) is 5.75 Å². The van der Waals surface area contributed by atoms with E-state index in [0.29, 0.717) is 22.4 Å². The van der Waals surface area contributed by atoms with Crippen molar-refractivity contribution in [3.8, 4) is 5.75 Å². The minimum absolute atomic E-state index is 0.166. The standard InChI is InChI=1S/C22H24BrClN4O2S/c1-5-28-21(15(4)30-17-8-6-13(2)14(3)10-17)26-27-22(28)31-12-20(29)25-19-9-7-16(23)11-18(19)24/h6-11,15H,5,12H2,1-4H3,(H,25,29). The van der Waals surface area contributed by atoms with Crippen LogP contribution in [0.3, 0.4) is 0 Å². The summed E-state index contributed by atoms with van der Waals surface area (Å²) in [5.74, 6) is 1.54. The average Bonchev–Trinajstić information content (AvgIpc) is 3.14. The highest BCUT2D eigenvalue weighted by molar-refractivity contribution is 9.10. The van der Waals surface area contributed by atoms with E-state index in [1.165, 1.54) is 22.9 Å². The first-order valence-electron chi connectivity index (χ1n) is 9.83. The smallest absolute Gasteiger partial charge is 0.234 e. The third kappa shape index (κ3) is 6.02. The van der Waals surface area contributed by atoms with Crippen LogP contribution < -0.4 is 10.1 Å². The molecule has 0 radical (unpaired) electrons. The average molecular weight is 524 g/mol. The predicted molar refractivity (Wildman–Crippen MR) is 129 cm³/mol. The number of benzene rings is 2. The number of aryl methyl sites for hydroxylation is 2. The number of nitrogens with one attached hydrogen (secondary N) is 1. The van der Waals surface area contributed by atoms with Crippen LogP contribution in [0, 0.1) is 13.8 Å². The molecule has 0 aliphatic heterocycles. The normalized spacial score (nSPS) is 11.9. The van der Waals surface area contributed by atoms with Crippen LogP contribution in [0.15, 0.2) is 46.0 Å². The number of halogens is 2. The maximum Gasteiger partial charge on any atom is 0.234 e. The number of anilines is 1. The summed E-state index contributed by atoms with van der Waals surface area (Å²) < 4.78 is 8.91. The summed E-state index contributed by atoms with van der Waals surface area (Å²) in [6.45, 7) is 8.76. The molecule has 164 valence electrons. The summed E-state index contributed by atoms with van der Waals surface area (Å²) in [5.41, 5.74) is 2.97. The van der Waals surface area contributed by atoms with Gasteiger partial charge in [0, 0.05) is 11.0 Å². The lowest BCUT2D eigenvalue weighted by atomic mass is 10.1. The first-order valence-corrected chi connectivity index (χ1v) is 12.0. The zero-order valence-corrected chi connectivity index (χ0v) is 20.9. The Bertz CT molecular complexity index is 1090. The van der Waals surface area contributed by atoms with E-state index in [1.807, 2.05) is 42.7 Å². The Morgan fingerprint density at radius 2 is 2.00 bits per heavy atom. The Morgan fingerprint density at radius 3 is 2.68 bits per heavy atom. The Labute approximate surface area is 199 Å². The molecule has 3 rings (SSSR count). The van der Waals surface area contributed by atoms with E-state index in [-0.39, 0.29) is 17.8 Å². The molecule has 0 aliphatic rings. The van der Waals surface area contributed by atoms with E-state index in [2.05, 4.69) is 45.3 Å². The van der Waals surface area contributed by atoms with Gasteiger partial charge in [0.05, 0.1) is 16.5 Å². The van der Waals surface area contributed by atoms with Gasteiger partial charge in [-0.05, 0) is 69.2 Å². The lowest BCUT2D eigenvalue weighted by Crippen LogP contribution is -2.15. The van der Waals surface area contributed by atoms with E-state index in [1.54, 1.807) is 12.1 Å². The molecule has 2 aromatic carbocycles. The van der Waals surface area contributed by atoms with Crippen molar-refractivity contribution in [2.24, 2.45) is 0 Å². The van der Waals surface area contributed by atoms with Gasteiger partial charge in [-0.25, -0.2) is 0 Å². The van der Waals surface area contributed by atoms with Gasteiger partial charge >= 0.3 is 0 Å². The molecule has 1 N–H and O–H groups in total.